The first-order valence-corrected chi connectivity index (χ1v) is 8.84. The molecule has 0 radical (unpaired) electrons. The van der Waals surface area contributed by atoms with Crippen molar-refractivity contribution in [3.05, 3.63) is 58.6 Å². The zero-order valence-corrected chi connectivity index (χ0v) is 14.3. The highest BCUT2D eigenvalue weighted by atomic mass is 16.1. The van der Waals surface area contributed by atoms with Crippen LogP contribution in [0.2, 0.25) is 0 Å². The fourth-order valence-electron chi connectivity index (χ4n) is 3.22. The van der Waals surface area contributed by atoms with Crippen LogP contribution in [0.25, 0.3) is 0 Å². The largest absolute Gasteiger partial charge is 0.363 e. The molecule has 0 amide bonds. The van der Waals surface area contributed by atoms with Crippen molar-refractivity contribution in [1.82, 2.24) is 14.5 Å². The van der Waals surface area contributed by atoms with Crippen LogP contribution >= 0.6 is 0 Å². The minimum Gasteiger partial charge on any atom is -0.363 e. The van der Waals surface area contributed by atoms with E-state index in [-0.39, 0.29) is 5.56 Å². The summed E-state index contributed by atoms with van der Waals surface area (Å²) in [5.74, 6) is 0.488. The zero-order chi connectivity index (χ0) is 16.8. The molecular formula is C19H26N4O. The molecule has 1 fully saturated rings. The van der Waals surface area contributed by atoms with Crippen molar-refractivity contribution < 1.29 is 0 Å². The molecule has 0 aliphatic carbocycles. The predicted octanol–water partition coefficient (Wildman–Crippen LogP) is 2.38. The van der Waals surface area contributed by atoms with Gasteiger partial charge in [-0.05, 0) is 31.7 Å². The van der Waals surface area contributed by atoms with Gasteiger partial charge in [0, 0.05) is 44.6 Å². The summed E-state index contributed by atoms with van der Waals surface area (Å²) in [6.45, 7) is 5.88. The van der Waals surface area contributed by atoms with Gasteiger partial charge >= 0.3 is 0 Å². The molecule has 0 unspecified atom stereocenters. The van der Waals surface area contributed by atoms with E-state index < -0.39 is 0 Å². The second-order valence-corrected chi connectivity index (χ2v) is 6.36. The minimum absolute atomic E-state index is 0.0218. The number of piperidine rings is 1. The highest BCUT2D eigenvalue weighted by Gasteiger charge is 2.20. The summed E-state index contributed by atoms with van der Waals surface area (Å²) in [5.41, 5.74) is 1.37. The Morgan fingerprint density at radius 3 is 2.67 bits per heavy atom. The van der Waals surface area contributed by atoms with E-state index in [0.717, 1.165) is 38.9 Å². The number of aryl methyl sites for hydroxylation is 1. The molecule has 1 aliphatic rings. The van der Waals surface area contributed by atoms with Crippen LogP contribution in [0, 0.1) is 0 Å². The summed E-state index contributed by atoms with van der Waals surface area (Å²) in [6, 6.07) is 11.0. The third-order valence-electron chi connectivity index (χ3n) is 4.74. The van der Waals surface area contributed by atoms with E-state index in [0.29, 0.717) is 18.4 Å². The second kappa shape index (κ2) is 8.11. The monoisotopic (exact) mass is 326 g/mol. The molecule has 1 N–H and O–H groups in total. The molecule has 1 aromatic carbocycles. The van der Waals surface area contributed by atoms with Gasteiger partial charge in [-0.3, -0.25) is 4.79 Å². The topological polar surface area (TPSA) is 50.2 Å². The summed E-state index contributed by atoms with van der Waals surface area (Å²) < 4.78 is 1.68. The van der Waals surface area contributed by atoms with E-state index in [1.807, 2.05) is 6.92 Å². The van der Waals surface area contributed by atoms with Crippen molar-refractivity contribution in [3.8, 4) is 0 Å². The standard InChI is InChI=1S/C19H26N4O/c1-2-23-15-11-20-18(19(23)24)21-17-9-13-22(14-10-17)12-8-16-6-4-3-5-7-16/h3-7,11,15,17H,2,8-10,12-14H2,1H3,(H,20,21). The zero-order valence-electron chi connectivity index (χ0n) is 14.3. The summed E-state index contributed by atoms with van der Waals surface area (Å²) in [5, 5.41) is 3.35. The molecule has 5 heteroatoms. The van der Waals surface area contributed by atoms with Crippen molar-refractivity contribution in [2.45, 2.75) is 38.8 Å². The van der Waals surface area contributed by atoms with Crippen molar-refractivity contribution in [2.75, 3.05) is 25.0 Å². The molecule has 0 bridgehead atoms. The molecule has 1 aromatic heterocycles. The van der Waals surface area contributed by atoms with Crippen LogP contribution in [-0.2, 0) is 13.0 Å². The lowest BCUT2D eigenvalue weighted by molar-refractivity contribution is 0.221. The number of likely N-dealkylation sites (tertiary alicyclic amines) is 1. The molecule has 2 heterocycles. The van der Waals surface area contributed by atoms with Crippen LogP contribution < -0.4 is 10.9 Å². The molecule has 0 spiro atoms. The number of rotatable bonds is 6. The van der Waals surface area contributed by atoms with Crippen LogP contribution in [0.5, 0.6) is 0 Å². The maximum Gasteiger partial charge on any atom is 0.293 e. The fraction of sp³-hybridized carbons (Fsp3) is 0.474. The van der Waals surface area contributed by atoms with E-state index in [1.54, 1.807) is 17.0 Å². The molecule has 5 nitrogen and oxygen atoms in total. The van der Waals surface area contributed by atoms with Crippen LogP contribution in [0.3, 0.4) is 0 Å². The fourth-order valence-corrected chi connectivity index (χ4v) is 3.22. The van der Waals surface area contributed by atoms with Crippen LogP contribution in [0.4, 0.5) is 5.82 Å². The third kappa shape index (κ3) is 4.23. The summed E-state index contributed by atoms with van der Waals surface area (Å²) in [6.07, 6.45) is 6.64. The minimum atomic E-state index is -0.0218. The van der Waals surface area contributed by atoms with Gasteiger partial charge in [0.2, 0.25) is 0 Å². The molecule has 24 heavy (non-hydrogen) atoms. The van der Waals surface area contributed by atoms with Gasteiger partial charge in [0.25, 0.3) is 5.56 Å². The van der Waals surface area contributed by atoms with Crippen molar-refractivity contribution in [2.24, 2.45) is 0 Å². The quantitative estimate of drug-likeness (QED) is 0.885. The van der Waals surface area contributed by atoms with Gasteiger partial charge in [-0.1, -0.05) is 30.3 Å². The first kappa shape index (κ1) is 16.7. The highest BCUT2D eigenvalue weighted by Crippen LogP contribution is 2.14. The van der Waals surface area contributed by atoms with Crippen LogP contribution in [-0.4, -0.2) is 40.1 Å². The van der Waals surface area contributed by atoms with Crippen LogP contribution in [0.1, 0.15) is 25.3 Å². The Morgan fingerprint density at radius 2 is 1.96 bits per heavy atom. The maximum atomic E-state index is 12.2. The number of aromatic nitrogens is 2. The van der Waals surface area contributed by atoms with E-state index in [2.05, 4.69) is 45.5 Å². The van der Waals surface area contributed by atoms with E-state index in [9.17, 15) is 4.79 Å². The number of nitrogens with one attached hydrogen (secondary N) is 1. The van der Waals surface area contributed by atoms with Crippen LogP contribution in [0.15, 0.2) is 47.5 Å². The van der Waals surface area contributed by atoms with Crippen molar-refractivity contribution in [3.63, 3.8) is 0 Å². The molecule has 1 saturated heterocycles. The van der Waals surface area contributed by atoms with E-state index in [1.165, 1.54) is 5.56 Å². The number of hydrogen-bond acceptors (Lipinski definition) is 4. The summed E-state index contributed by atoms with van der Waals surface area (Å²) >= 11 is 0. The number of hydrogen-bond donors (Lipinski definition) is 1. The number of anilines is 1. The Labute approximate surface area is 143 Å². The van der Waals surface area contributed by atoms with Gasteiger partial charge in [-0.25, -0.2) is 4.98 Å². The van der Waals surface area contributed by atoms with Gasteiger partial charge < -0.3 is 14.8 Å². The van der Waals surface area contributed by atoms with Gasteiger partial charge in [0.15, 0.2) is 5.82 Å². The Kier molecular flexibility index (Phi) is 5.64. The van der Waals surface area contributed by atoms with Crippen molar-refractivity contribution >= 4 is 5.82 Å². The SMILES string of the molecule is CCn1ccnc(NC2CCN(CCc3ccccc3)CC2)c1=O. The van der Waals surface area contributed by atoms with Gasteiger partial charge in [0.05, 0.1) is 0 Å². The van der Waals surface area contributed by atoms with Crippen molar-refractivity contribution in [1.29, 1.82) is 0 Å². The highest BCUT2D eigenvalue weighted by molar-refractivity contribution is 5.32. The molecular weight excluding hydrogens is 300 g/mol. The predicted molar refractivity (Wildman–Crippen MR) is 97.4 cm³/mol. The molecule has 0 saturated carbocycles. The molecule has 128 valence electrons. The smallest absolute Gasteiger partial charge is 0.293 e. The van der Waals surface area contributed by atoms with Gasteiger partial charge in [0.1, 0.15) is 0 Å². The Morgan fingerprint density at radius 1 is 1.21 bits per heavy atom. The average molecular weight is 326 g/mol. The lowest BCUT2D eigenvalue weighted by Gasteiger charge is -2.32. The third-order valence-corrected chi connectivity index (χ3v) is 4.74. The molecule has 1 aliphatic heterocycles. The average Bonchev–Trinajstić information content (AvgIpc) is 2.64. The number of nitrogens with zero attached hydrogens (tertiary/aromatic N) is 3. The first-order valence-electron chi connectivity index (χ1n) is 8.84. The number of benzene rings is 1. The lowest BCUT2D eigenvalue weighted by Crippen LogP contribution is -2.41. The first-order chi connectivity index (χ1) is 11.8. The summed E-state index contributed by atoms with van der Waals surface area (Å²) in [7, 11) is 0. The Hall–Kier alpha value is -2.14. The van der Waals surface area contributed by atoms with Gasteiger partial charge in [-0.2, -0.15) is 0 Å². The molecule has 2 aromatic rings. The molecule has 3 rings (SSSR count). The lowest BCUT2D eigenvalue weighted by atomic mass is 10.0. The normalized spacial score (nSPS) is 16.2. The Bertz CT molecular complexity index is 690. The molecule has 0 atom stereocenters. The summed E-state index contributed by atoms with van der Waals surface area (Å²) in [4.78, 5) is 19.0. The van der Waals surface area contributed by atoms with E-state index >= 15 is 0 Å². The second-order valence-electron chi connectivity index (χ2n) is 6.36. The maximum absolute atomic E-state index is 12.2. The Balaban J connectivity index is 1.48. The van der Waals surface area contributed by atoms with E-state index in [4.69, 9.17) is 0 Å². The van der Waals surface area contributed by atoms with Gasteiger partial charge in [-0.15, -0.1) is 0 Å².